The molecule has 1 rings (SSSR count). The number of nitrogens with two attached hydrogens (primary N) is 1. The Hall–Kier alpha value is -1.33. The first-order valence-electron chi connectivity index (χ1n) is 5.37. The van der Waals surface area contributed by atoms with Gasteiger partial charge in [-0.2, -0.15) is 0 Å². The van der Waals surface area contributed by atoms with Crippen LogP contribution in [-0.2, 0) is 10.0 Å². The fourth-order valence-electron chi connectivity index (χ4n) is 1.66. The maximum atomic E-state index is 12.1. The number of hydrogen-bond acceptors (Lipinski definition) is 3. The van der Waals surface area contributed by atoms with E-state index in [1.807, 2.05) is 0 Å². The van der Waals surface area contributed by atoms with Crippen LogP contribution in [0.5, 0.6) is 0 Å². The lowest BCUT2D eigenvalue weighted by molar-refractivity contribution is 0.562. The lowest BCUT2D eigenvalue weighted by atomic mass is 10.2. The molecule has 0 amide bonds. The van der Waals surface area contributed by atoms with Crippen molar-refractivity contribution in [2.45, 2.75) is 31.2 Å². The van der Waals surface area contributed by atoms with Crippen LogP contribution < -0.4 is 10.5 Å². The molecule has 0 heterocycles. The molecule has 17 heavy (non-hydrogen) atoms. The summed E-state index contributed by atoms with van der Waals surface area (Å²) < 4.78 is 26.8. The average Bonchev–Trinajstić information content (AvgIpc) is 2.15. The van der Waals surface area contributed by atoms with Crippen LogP contribution in [0.4, 0.5) is 5.69 Å². The minimum absolute atomic E-state index is 0.163. The van der Waals surface area contributed by atoms with Crippen molar-refractivity contribution in [1.82, 2.24) is 4.72 Å². The third-order valence-electron chi connectivity index (χ3n) is 2.39. The van der Waals surface area contributed by atoms with Gasteiger partial charge in [-0.1, -0.05) is 18.2 Å². The van der Waals surface area contributed by atoms with Crippen LogP contribution in [0.1, 0.15) is 18.9 Å². The molecular weight excluding hydrogens is 236 g/mol. The zero-order valence-electron chi connectivity index (χ0n) is 10.1. The van der Waals surface area contributed by atoms with E-state index < -0.39 is 10.0 Å². The van der Waals surface area contributed by atoms with Gasteiger partial charge in [0.25, 0.3) is 0 Å². The van der Waals surface area contributed by atoms with Crippen molar-refractivity contribution >= 4 is 15.7 Å². The SMILES string of the molecule is C=CCC(C)NS(=O)(=O)c1c(C)cccc1N. The number of benzene rings is 1. The van der Waals surface area contributed by atoms with Crippen molar-refractivity contribution in [3.05, 3.63) is 36.4 Å². The molecule has 0 aliphatic heterocycles. The zero-order chi connectivity index (χ0) is 13.1. The number of anilines is 1. The molecule has 0 bridgehead atoms. The second-order valence-corrected chi connectivity index (χ2v) is 5.69. The molecule has 0 fully saturated rings. The molecule has 1 unspecified atom stereocenters. The van der Waals surface area contributed by atoms with Gasteiger partial charge >= 0.3 is 0 Å². The molecule has 0 saturated carbocycles. The summed E-state index contributed by atoms with van der Waals surface area (Å²) in [6, 6.07) is 4.84. The number of nitrogen functional groups attached to an aromatic ring is 1. The first-order chi connectivity index (χ1) is 7.88. The van der Waals surface area contributed by atoms with Gasteiger partial charge in [0.1, 0.15) is 4.90 Å². The molecule has 1 atom stereocenters. The van der Waals surface area contributed by atoms with Crippen molar-refractivity contribution in [3.63, 3.8) is 0 Å². The molecule has 94 valence electrons. The Morgan fingerprint density at radius 3 is 2.71 bits per heavy atom. The monoisotopic (exact) mass is 254 g/mol. The largest absolute Gasteiger partial charge is 0.398 e. The fraction of sp³-hybridized carbons (Fsp3) is 0.333. The first kappa shape index (κ1) is 13.7. The van der Waals surface area contributed by atoms with E-state index in [1.165, 1.54) is 0 Å². The Morgan fingerprint density at radius 2 is 2.18 bits per heavy atom. The first-order valence-corrected chi connectivity index (χ1v) is 6.85. The quantitative estimate of drug-likeness (QED) is 0.622. The van der Waals surface area contributed by atoms with Crippen molar-refractivity contribution < 1.29 is 8.42 Å². The maximum absolute atomic E-state index is 12.1. The highest BCUT2D eigenvalue weighted by Gasteiger charge is 2.21. The predicted octanol–water partition coefficient (Wildman–Crippen LogP) is 1.82. The highest BCUT2D eigenvalue weighted by atomic mass is 32.2. The summed E-state index contributed by atoms with van der Waals surface area (Å²) >= 11 is 0. The van der Waals surface area contributed by atoms with Gasteiger partial charge < -0.3 is 5.73 Å². The van der Waals surface area contributed by atoms with Crippen molar-refractivity contribution in [3.8, 4) is 0 Å². The predicted molar refractivity (Wildman–Crippen MR) is 70.2 cm³/mol. The Morgan fingerprint density at radius 1 is 1.53 bits per heavy atom. The minimum Gasteiger partial charge on any atom is -0.398 e. The number of sulfonamides is 1. The molecule has 0 aliphatic carbocycles. The van der Waals surface area contributed by atoms with E-state index >= 15 is 0 Å². The molecule has 1 aromatic rings. The number of rotatable bonds is 5. The van der Waals surface area contributed by atoms with Crippen molar-refractivity contribution in [1.29, 1.82) is 0 Å². The molecule has 0 spiro atoms. The van der Waals surface area contributed by atoms with Gasteiger partial charge in [0, 0.05) is 6.04 Å². The van der Waals surface area contributed by atoms with E-state index in [9.17, 15) is 8.42 Å². The molecule has 3 N–H and O–H groups in total. The van der Waals surface area contributed by atoms with Gasteiger partial charge in [-0.05, 0) is 31.9 Å². The van der Waals surface area contributed by atoms with Gasteiger partial charge in [0.05, 0.1) is 5.69 Å². The van der Waals surface area contributed by atoms with E-state index in [0.29, 0.717) is 12.0 Å². The van der Waals surface area contributed by atoms with E-state index in [2.05, 4.69) is 11.3 Å². The second-order valence-electron chi connectivity index (χ2n) is 4.04. The summed E-state index contributed by atoms with van der Waals surface area (Å²) in [4.78, 5) is 0.163. The van der Waals surface area contributed by atoms with Crippen molar-refractivity contribution in [2.75, 3.05) is 5.73 Å². The second kappa shape index (κ2) is 5.33. The van der Waals surface area contributed by atoms with Gasteiger partial charge in [0.15, 0.2) is 0 Å². The van der Waals surface area contributed by atoms with Crippen LogP contribution in [0.15, 0.2) is 35.7 Å². The molecular formula is C12H18N2O2S. The molecule has 0 aliphatic rings. The standard InChI is InChI=1S/C12H18N2O2S/c1-4-6-10(3)14-17(15,16)12-9(2)7-5-8-11(12)13/h4-5,7-8,10,14H,1,6,13H2,2-3H3. The topological polar surface area (TPSA) is 72.2 Å². The number of aryl methyl sites for hydroxylation is 1. The van der Waals surface area contributed by atoms with Crippen LogP contribution in [0.3, 0.4) is 0 Å². The van der Waals surface area contributed by atoms with Crippen LogP contribution in [-0.4, -0.2) is 14.5 Å². The lowest BCUT2D eigenvalue weighted by Gasteiger charge is -2.15. The summed E-state index contributed by atoms with van der Waals surface area (Å²) in [6.07, 6.45) is 2.25. The average molecular weight is 254 g/mol. The van der Waals surface area contributed by atoms with Crippen LogP contribution in [0.2, 0.25) is 0 Å². The smallest absolute Gasteiger partial charge is 0.243 e. The van der Waals surface area contributed by atoms with E-state index in [4.69, 9.17) is 5.73 Å². The normalized spacial score (nSPS) is 13.3. The lowest BCUT2D eigenvalue weighted by Crippen LogP contribution is -2.33. The Kier molecular flexibility index (Phi) is 4.31. The van der Waals surface area contributed by atoms with Gasteiger partial charge in [-0.15, -0.1) is 6.58 Å². The van der Waals surface area contributed by atoms with E-state index in [-0.39, 0.29) is 16.6 Å². The molecule has 4 nitrogen and oxygen atoms in total. The summed E-state index contributed by atoms with van der Waals surface area (Å²) in [5.74, 6) is 0. The maximum Gasteiger partial charge on any atom is 0.243 e. The Labute approximate surface area is 103 Å². The zero-order valence-corrected chi connectivity index (χ0v) is 10.9. The summed E-state index contributed by atoms with van der Waals surface area (Å²) in [6.45, 7) is 7.09. The van der Waals surface area contributed by atoms with E-state index in [0.717, 1.165) is 0 Å². The van der Waals surface area contributed by atoms with Gasteiger partial charge in [-0.25, -0.2) is 13.1 Å². The third-order valence-corrected chi connectivity index (χ3v) is 4.20. The van der Waals surface area contributed by atoms with Crippen LogP contribution in [0.25, 0.3) is 0 Å². The Balaban J connectivity index is 3.10. The van der Waals surface area contributed by atoms with Crippen LogP contribution in [0, 0.1) is 6.92 Å². The summed E-state index contributed by atoms with van der Waals surface area (Å²) in [5, 5.41) is 0. The van der Waals surface area contributed by atoms with Gasteiger partial charge in [-0.3, -0.25) is 0 Å². The van der Waals surface area contributed by atoms with Crippen LogP contribution >= 0.6 is 0 Å². The highest BCUT2D eigenvalue weighted by Crippen LogP contribution is 2.22. The Bertz CT molecular complexity index is 489. The van der Waals surface area contributed by atoms with Crippen molar-refractivity contribution in [2.24, 2.45) is 0 Å². The molecule has 0 aromatic heterocycles. The summed E-state index contributed by atoms with van der Waals surface area (Å²) in [5.41, 5.74) is 6.63. The molecule has 0 radical (unpaired) electrons. The molecule has 0 saturated heterocycles. The highest BCUT2D eigenvalue weighted by molar-refractivity contribution is 7.89. The number of hydrogen-bond donors (Lipinski definition) is 2. The summed E-state index contributed by atoms with van der Waals surface area (Å²) in [7, 11) is -3.57. The molecule has 5 heteroatoms. The molecule has 1 aromatic carbocycles. The number of nitrogens with one attached hydrogen (secondary N) is 1. The van der Waals surface area contributed by atoms with Gasteiger partial charge in [0.2, 0.25) is 10.0 Å². The third kappa shape index (κ3) is 3.31. The fourth-order valence-corrected chi connectivity index (χ4v) is 3.28. The minimum atomic E-state index is -3.57. The van der Waals surface area contributed by atoms with E-state index in [1.54, 1.807) is 38.1 Å².